The molecule has 4 aromatic rings. The lowest BCUT2D eigenvalue weighted by molar-refractivity contribution is -0.139. The third kappa shape index (κ3) is 6.76. The summed E-state index contributed by atoms with van der Waals surface area (Å²) in [5.74, 6) is 0.749. The van der Waals surface area contributed by atoms with E-state index in [0.717, 1.165) is 42.6 Å². The molecule has 1 unspecified atom stereocenters. The Bertz CT molecular complexity index is 1270. The number of benzene rings is 2. The van der Waals surface area contributed by atoms with Gasteiger partial charge in [0.2, 0.25) is 11.8 Å². The van der Waals surface area contributed by atoms with E-state index in [0.29, 0.717) is 11.6 Å². The first kappa shape index (κ1) is 25.9. The van der Waals surface area contributed by atoms with E-state index >= 15 is 0 Å². The van der Waals surface area contributed by atoms with Gasteiger partial charge in [0.05, 0.1) is 24.2 Å². The van der Waals surface area contributed by atoms with Crippen molar-refractivity contribution in [2.24, 2.45) is 5.92 Å². The molecule has 192 valence electrons. The Balaban J connectivity index is 1.58. The van der Waals surface area contributed by atoms with E-state index in [1.165, 1.54) is 0 Å². The van der Waals surface area contributed by atoms with Gasteiger partial charge in [-0.3, -0.25) is 9.59 Å². The van der Waals surface area contributed by atoms with E-state index < -0.39 is 0 Å². The molecule has 0 spiro atoms. The molecule has 0 saturated carbocycles. The third-order valence-electron chi connectivity index (χ3n) is 6.37. The van der Waals surface area contributed by atoms with Crippen LogP contribution in [0.4, 0.5) is 5.82 Å². The minimum atomic E-state index is -0.290. The minimum Gasteiger partial charge on any atom is -0.467 e. The summed E-state index contributed by atoms with van der Waals surface area (Å²) in [6, 6.07) is 24.9. The van der Waals surface area contributed by atoms with Gasteiger partial charge in [-0.25, -0.2) is 4.68 Å². The van der Waals surface area contributed by atoms with Crippen molar-refractivity contribution in [1.82, 2.24) is 14.7 Å². The fraction of sp³-hybridized carbons (Fsp3) is 0.300. The van der Waals surface area contributed by atoms with Crippen molar-refractivity contribution in [2.45, 2.75) is 46.1 Å². The van der Waals surface area contributed by atoms with Crippen LogP contribution in [-0.2, 0) is 16.1 Å². The molecule has 2 amide bonds. The van der Waals surface area contributed by atoms with E-state index in [9.17, 15) is 9.59 Å². The molecule has 0 aliphatic rings. The van der Waals surface area contributed by atoms with Gasteiger partial charge in [-0.05, 0) is 37.1 Å². The molecule has 4 rings (SSSR count). The minimum absolute atomic E-state index is 0.0240. The highest BCUT2D eigenvalue weighted by atomic mass is 16.3. The molecule has 7 heteroatoms. The highest BCUT2D eigenvalue weighted by molar-refractivity contribution is 5.95. The lowest BCUT2D eigenvalue weighted by Gasteiger charge is -2.26. The Labute approximate surface area is 218 Å². The number of amides is 2. The monoisotopic (exact) mass is 498 g/mol. The molecule has 1 N–H and O–H groups in total. The van der Waals surface area contributed by atoms with E-state index in [1.54, 1.807) is 21.9 Å². The first-order valence-corrected chi connectivity index (χ1v) is 12.9. The molecule has 0 aliphatic heterocycles. The van der Waals surface area contributed by atoms with Crippen LogP contribution in [0.1, 0.15) is 45.3 Å². The highest BCUT2D eigenvalue weighted by Gasteiger charge is 2.26. The number of nitrogens with one attached hydrogen (secondary N) is 1. The molecule has 2 aromatic heterocycles. The summed E-state index contributed by atoms with van der Waals surface area (Å²) in [7, 11) is 0. The van der Waals surface area contributed by atoms with E-state index in [4.69, 9.17) is 9.52 Å². The van der Waals surface area contributed by atoms with Crippen LogP contribution in [0.25, 0.3) is 16.9 Å². The van der Waals surface area contributed by atoms with Crippen LogP contribution in [0.2, 0.25) is 0 Å². The topological polar surface area (TPSA) is 80.4 Å². The highest BCUT2D eigenvalue weighted by Crippen LogP contribution is 2.25. The smallest absolute Gasteiger partial charge is 0.245 e. The van der Waals surface area contributed by atoms with Crippen molar-refractivity contribution in [3.63, 3.8) is 0 Å². The van der Waals surface area contributed by atoms with Gasteiger partial charge in [-0.2, -0.15) is 5.10 Å². The number of hydrogen-bond acceptors (Lipinski definition) is 4. The standard InChI is InChI=1S/C30H34N4O3/c1-3-5-13-23(4-2)30(36)33(21-26-18-12-19-37-26)22-29(35)31-28-20-27(24-14-8-6-9-15-24)32-34(28)25-16-10-7-11-17-25/h6-12,14-20,23H,3-5,13,21-22H2,1-2H3,(H,31,35). The Hall–Kier alpha value is -4.13. The summed E-state index contributed by atoms with van der Waals surface area (Å²) < 4.78 is 7.22. The second-order valence-electron chi connectivity index (χ2n) is 9.10. The maximum Gasteiger partial charge on any atom is 0.245 e. The number of anilines is 1. The fourth-order valence-electron chi connectivity index (χ4n) is 4.36. The Morgan fingerprint density at radius 2 is 1.73 bits per heavy atom. The van der Waals surface area contributed by atoms with Crippen LogP contribution in [-0.4, -0.2) is 33.0 Å². The summed E-state index contributed by atoms with van der Waals surface area (Å²) in [5, 5.41) is 7.76. The largest absolute Gasteiger partial charge is 0.467 e. The Morgan fingerprint density at radius 3 is 2.38 bits per heavy atom. The summed E-state index contributed by atoms with van der Waals surface area (Å²) >= 11 is 0. The SMILES string of the molecule is CCCCC(CC)C(=O)N(CC(=O)Nc1cc(-c2ccccc2)nn1-c1ccccc1)Cc1ccco1. The van der Waals surface area contributed by atoms with Crippen molar-refractivity contribution in [3.05, 3.63) is 90.9 Å². The Kier molecular flexibility index (Phi) is 8.92. The molecule has 0 fully saturated rings. The van der Waals surface area contributed by atoms with Crippen LogP contribution in [0.15, 0.2) is 89.5 Å². The molecule has 2 aromatic carbocycles. The second kappa shape index (κ2) is 12.7. The van der Waals surface area contributed by atoms with E-state index in [1.807, 2.05) is 79.7 Å². The number of nitrogens with zero attached hydrogens (tertiary/aromatic N) is 3. The van der Waals surface area contributed by atoms with Gasteiger partial charge in [-0.15, -0.1) is 0 Å². The number of para-hydroxylation sites is 1. The van der Waals surface area contributed by atoms with Crippen LogP contribution in [0, 0.1) is 5.92 Å². The second-order valence-corrected chi connectivity index (χ2v) is 9.10. The summed E-state index contributed by atoms with van der Waals surface area (Å²) in [5.41, 5.74) is 2.52. The number of unbranched alkanes of at least 4 members (excludes halogenated alkanes) is 1. The molecule has 37 heavy (non-hydrogen) atoms. The van der Waals surface area contributed by atoms with Crippen molar-refractivity contribution in [3.8, 4) is 16.9 Å². The van der Waals surface area contributed by atoms with Gasteiger partial charge in [0.25, 0.3) is 0 Å². The Morgan fingerprint density at radius 1 is 1.00 bits per heavy atom. The average molecular weight is 499 g/mol. The third-order valence-corrected chi connectivity index (χ3v) is 6.37. The summed E-state index contributed by atoms with van der Waals surface area (Å²) in [4.78, 5) is 28.4. The van der Waals surface area contributed by atoms with Crippen LogP contribution >= 0.6 is 0 Å². The molecule has 2 heterocycles. The van der Waals surface area contributed by atoms with Gasteiger partial charge >= 0.3 is 0 Å². The molecule has 7 nitrogen and oxygen atoms in total. The molecule has 0 saturated heterocycles. The van der Waals surface area contributed by atoms with Gasteiger partial charge in [-0.1, -0.05) is 75.2 Å². The number of carbonyl (C=O) groups excluding carboxylic acids is 2. The zero-order chi connectivity index (χ0) is 26.0. The van der Waals surface area contributed by atoms with Gasteiger partial charge in [0, 0.05) is 17.5 Å². The molecule has 0 aliphatic carbocycles. The molecular weight excluding hydrogens is 464 g/mol. The lowest BCUT2D eigenvalue weighted by atomic mass is 9.97. The zero-order valence-electron chi connectivity index (χ0n) is 21.5. The maximum atomic E-state index is 13.5. The summed E-state index contributed by atoms with van der Waals surface area (Å²) in [6.45, 7) is 4.30. The number of rotatable bonds is 12. The number of hydrogen-bond donors (Lipinski definition) is 1. The maximum absolute atomic E-state index is 13.5. The average Bonchev–Trinajstić information content (AvgIpc) is 3.60. The predicted molar refractivity (Wildman–Crippen MR) is 145 cm³/mol. The number of aromatic nitrogens is 2. The lowest BCUT2D eigenvalue weighted by Crippen LogP contribution is -2.41. The van der Waals surface area contributed by atoms with Crippen LogP contribution in [0.5, 0.6) is 0 Å². The van der Waals surface area contributed by atoms with Gasteiger partial charge in [0.15, 0.2) is 0 Å². The fourth-order valence-corrected chi connectivity index (χ4v) is 4.36. The van der Waals surface area contributed by atoms with Crippen molar-refractivity contribution in [1.29, 1.82) is 0 Å². The molecule has 1 atom stereocenters. The molecule has 0 bridgehead atoms. The number of furan rings is 1. The summed E-state index contributed by atoms with van der Waals surface area (Å²) in [6.07, 6.45) is 5.12. The van der Waals surface area contributed by atoms with E-state index in [2.05, 4.69) is 12.2 Å². The first-order chi connectivity index (χ1) is 18.1. The van der Waals surface area contributed by atoms with Gasteiger partial charge in [0.1, 0.15) is 18.1 Å². The van der Waals surface area contributed by atoms with E-state index in [-0.39, 0.29) is 30.8 Å². The predicted octanol–water partition coefficient (Wildman–Crippen LogP) is 6.32. The van der Waals surface area contributed by atoms with Crippen molar-refractivity contribution >= 4 is 17.6 Å². The normalized spacial score (nSPS) is 11.7. The van der Waals surface area contributed by atoms with Crippen LogP contribution in [0.3, 0.4) is 0 Å². The zero-order valence-corrected chi connectivity index (χ0v) is 21.5. The number of carbonyl (C=O) groups is 2. The van der Waals surface area contributed by atoms with Crippen molar-refractivity contribution in [2.75, 3.05) is 11.9 Å². The quantitative estimate of drug-likeness (QED) is 0.248. The van der Waals surface area contributed by atoms with Crippen LogP contribution < -0.4 is 5.32 Å². The molecular formula is C30H34N4O3. The molecule has 0 radical (unpaired) electrons. The first-order valence-electron chi connectivity index (χ1n) is 12.9. The van der Waals surface area contributed by atoms with Crippen molar-refractivity contribution < 1.29 is 14.0 Å². The van der Waals surface area contributed by atoms with Gasteiger partial charge < -0.3 is 14.6 Å².